The average molecular weight is 669 g/mol. The summed E-state index contributed by atoms with van der Waals surface area (Å²) in [5.41, 5.74) is 23.4. The van der Waals surface area contributed by atoms with E-state index in [1.807, 2.05) is 0 Å². The molecule has 0 spiro atoms. The van der Waals surface area contributed by atoms with Gasteiger partial charge in [0.15, 0.2) is 0 Å². The van der Waals surface area contributed by atoms with Gasteiger partial charge in [-0.2, -0.15) is 0 Å². The Labute approximate surface area is 309 Å². The first-order chi connectivity index (χ1) is 25.3. The molecule has 7 aromatic rings. The van der Waals surface area contributed by atoms with Crippen molar-refractivity contribution in [3.8, 4) is 0 Å². The second kappa shape index (κ2) is 12.5. The summed E-state index contributed by atoms with van der Waals surface area (Å²) < 4.78 is 0. The summed E-state index contributed by atoms with van der Waals surface area (Å²) in [6.07, 6.45) is 0. The summed E-state index contributed by atoms with van der Waals surface area (Å²) in [7, 11) is 0. The summed E-state index contributed by atoms with van der Waals surface area (Å²) >= 11 is 0. The topological polar surface area (TPSA) is 6.48 Å². The molecular formula is C48H42B2N2. The maximum absolute atomic E-state index is 2.55. The molecule has 0 saturated heterocycles. The zero-order valence-corrected chi connectivity index (χ0v) is 30.9. The molecule has 0 saturated carbocycles. The first-order valence-electron chi connectivity index (χ1n) is 18.5. The molecule has 52 heavy (non-hydrogen) atoms. The van der Waals surface area contributed by atoms with Crippen molar-refractivity contribution in [2.45, 2.75) is 41.5 Å². The zero-order chi connectivity index (χ0) is 35.7. The van der Waals surface area contributed by atoms with E-state index in [0.29, 0.717) is 0 Å². The van der Waals surface area contributed by atoms with Crippen LogP contribution in [0, 0.1) is 41.5 Å². The van der Waals surface area contributed by atoms with Gasteiger partial charge in [0, 0.05) is 34.1 Å². The molecule has 2 nitrogen and oxygen atoms in total. The largest absolute Gasteiger partial charge is 0.312 e. The SMILES string of the molecule is Cc1cc(C)c(B2c3ccccc3N(c3ccccc3)c3cc4c(cc32)N(c2ccccc2)c2ccccc2B4c2c(C)cc(C)cc2C)c(C)c1. The van der Waals surface area contributed by atoms with Crippen molar-refractivity contribution in [3.63, 3.8) is 0 Å². The van der Waals surface area contributed by atoms with Crippen molar-refractivity contribution in [1.82, 2.24) is 0 Å². The zero-order valence-electron chi connectivity index (χ0n) is 30.9. The van der Waals surface area contributed by atoms with Gasteiger partial charge >= 0.3 is 0 Å². The van der Waals surface area contributed by atoms with Crippen LogP contribution in [0.3, 0.4) is 0 Å². The van der Waals surface area contributed by atoms with Gasteiger partial charge in [0.25, 0.3) is 0 Å². The molecule has 9 rings (SSSR count). The molecule has 0 atom stereocenters. The Balaban J connectivity index is 1.43. The smallest absolute Gasteiger partial charge is 0.247 e. The number of aryl methyl sites for hydroxylation is 6. The number of para-hydroxylation sites is 4. The highest BCUT2D eigenvalue weighted by atomic mass is 15.2. The second-order valence-electron chi connectivity index (χ2n) is 14.9. The van der Waals surface area contributed by atoms with Gasteiger partial charge in [-0.3, -0.25) is 0 Å². The van der Waals surface area contributed by atoms with Crippen LogP contribution in [0.4, 0.5) is 34.1 Å². The molecule has 0 amide bonds. The molecule has 250 valence electrons. The van der Waals surface area contributed by atoms with Crippen molar-refractivity contribution < 1.29 is 0 Å². The Bertz CT molecular complexity index is 2280. The van der Waals surface area contributed by atoms with Gasteiger partial charge in [-0.05, 0) is 112 Å². The number of hydrogen-bond acceptors (Lipinski definition) is 2. The van der Waals surface area contributed by atoms with Crippen LogP contribution in [-0.2, 0) is 0 Å². The fourth-order valence-corrected chi connectivity index (χ4v) is 9.55. The summed E-state index contributed by atoms with van der Waals surface area (Å²) in [6, 6.07) is 54.5. The summed E-state index contributed by atoms with van der Waals surface area (Å²) in [4.78, 5) is 5.03. The lowest BCUT2D eigenvalue weighted by Gasteiger charge is -2.42. The number of rotatable bonds is 4. The van der Waals surface area contributed by atoms with Gasteiger partial charge in [0.2, 0.25) is 13.4 Å². The summed E-state index contributed by atoms with van der Waals surface area (Å²) in [6.45, 7) is 13.7. The van der Waals surface area contributed by atoms with Crippen molar-refractivity contribution in [3.05, 3.63) is 179 Å². The molecule has 2 aliphatic heterocycles. The Morgan fingerprint density at radius 1 is 0.327 bits per heavy atom. The fourth-order valence-electron chi connectivity index (χ4n) is 9.55. The first-order valence-corrected chi connectivity index (χ1v) is 18.5. The van der Waals surface area contributed by atoms with Crippen molar-refractivity contribution in [2.75, 3.05) is 9.80 Å². The maximum Gasteiger partial charge on any atom is 0.247 e. The molecule has 0 aliphatic carbocycles. The van der Waals surface area contributed by atoms with Gasteiger partial charge < -0.3 is 9.80 Å². The fraction of sp³-hybridized carbons (Fsp3) is 0.125. The maximum atomic E-state index is 2.55. The normalized spacial score (nSPS) is 13.0. The standard InChI is InChI=1S/C48H42B2N2/c1-31-25-33(3)47(34(4)26-31)49-39-21-13-15-23-43(39)51(37-17-9-7-10-18-37)45-30-42-46(29-41(45)49)52(38-19-11-8-12-20-38)44-24-16-14-22-40(44)50(42)48-35(5)27-32(2)28-36(48)6/h7-30H,1-6H3. The molecule has 0 unspecified atom stereocenters. The highest BCUT2D eigenvalue weighted by Gasteiger charge is 2.42. The molecule has 4 heteroatoms. The molecular weight excluding hydrogens is 626 g/mol. The number of fused-ring (bicyclic) bond motifs is 4. The third kappa shape index (κ3) is 5.04. The van der Waals surface area contributed by atoms with E-state index in [-0.39, 0.29) is 13.4 Å². The molecule has 2 heterocycles. The van der Waals surface area contributed by atoms with Crippen LogP contribution in [0.1, 0.15) is 33.4 Å². The third-order valence-electron chi connectivity index (χ3n) is 11.3. The lowest BCUT2D eigenvalue weighted by atomic mass is 9.31. The van der Waals surface area contributed by atoms with E-state index in [1.165, 1.54) is 100 Å². The van der Waals surface area contributed by atoms with Crippen molar-refractivity contribution in [2.24, 2.45) is 0 Å². The van der Waals surface area contributed by atoms with E-state index in [9.17, 15) is 0 Å². The van der Waals surface area contributed by atoms with Gasteiger partial charge in [-0.25, -0.2) is 0 Å². The average Bonchev–Trinajstić information content (AvgIpc) is 3.13. The van der Waals surface area contributed by atoms with Gasteiger partial charge in [-0.15, -0.1) is 0 Å². The van der Waals surface area contributed by atoms with Gasteiger partial charge in [-0.1, -0.05) is 141 Å². The van der Waals surface area contributed by atoms with Crippen LogP contribution in [0.5, 0.6) is 0 Å². The third-order valence-corrected chi connectivity index (χ3v) is 11.3. The number of benzene rings is 7. The molecule has 0 radical (unpaired) electrons. The molecule has 2 aliphatic rings. The minimum atomic E-state index is 0.0631. The van der Waals surface area contributed by atoms with E-state index in [1.54, 1.807) is 0 Å². The van der Waals surface area contributed by atoms with E-state index in [0.717, 1.165) is 0 Å². The summed E-state index contributed by atoms with van der Waals surface area (Å²) in [5, 5.41) is 0. The number of anilines is 6. The molecule has 0 aromatic heterocycles. The predicted octanol–water partition coefficient (Wildman–Crippen LogP) is 8.14. The predicted molar refractivity (Wildman–Crippen MR) is 226 cm³/mol. The number of hydrogen-bond donors (Lipinski definition) is 0. The minimum Gasteiger partial charge on any atom is -0.312 e. The van der Waals surface area contributed by atoms with E-state index in [2.05, 4.69) is 197 Å². The summed E-state index contributed by atoms with van der Waals surface area (Å²) in [5.74, 6) is 0. The highest BCUT2D eigenvalue weighted by Crippen LogP contribution is 2.41. The van der Waals surface area contributed by atoms with Crippen LogP contribution >= 0.6 is 0 Å². The Morgan fingerprint density at radius 2 is 0.654 bits per heavy atom. The van der Waals surface area contributed by atoms with Crippen LogP contribution in [-0.4, -0.2) is 13.4 Å². The second-order valence-corrected chi connectivity index (χ2v) is 14.9. The highest BCUT2D eigenvalue weighted by molar-refractivity contribution is 7.00. The van der Waals surface area contributed by atoms with E-state index in [4.69, 9.17) is 0 Å². The monoisotopic (exact) mass is 668 g/mol. The first kappa shape index (κ1) is 32.2. The molecule has 0 fully saturated rings. The van der Waals surface area contributed by atoms with E-state index >= 15 is 0 Å². The Morgan fingerprint density at radius 3 is 1.02 bits per heavy atom. The van der Waals surface area contributed by atoms with E-state index < -0.39 is 0 Å². The van der Waals surface area contributed by atoms with Crippen molar-refractivity contribution >= 4 is 80.3 Å². The lowest BCUT2D eigenvalue weighted by Crippen LogP contribution is -2.62. The molecule has 0 N–H and O–H groups in total. The van der Waals surface area contributed by atoms with Gasteiger partial charge in [0.1, 0.15) is 0 Å². The van der Waals surface area contributed by atoms with Crippen LogP contribution in [0.25, 0.3) is 0 Å². The molecule has 7 aromatic carbocycles. The minimum absolute atomic E-state index is 0.0631. The van der Waals surface area contributed by atoms with Crippen molar-refractivity contribution in [1.29, 1.82) is 0 Å². The quantitative estimate of drug-likeness (QED) is 0.175. The Hall–Kier alpha value is -5.73. The Kier molecular flexibility index (Phi) is 7.74. The van der Waals surface area contributed by atoms with Crippen LogP contribution < -0.4 is 42.6 Å². The van der Waals surface area contributed by atoms with Crippen LogP contribution in [0.15, 0.2) is 146 Å². The van der Waals surface area contributed by atoms with Gasteiger partial charge in [0.05, 0.1) is 0 Å². The van der Waals surface area contributed by atoms with Crippen LogP contribution in [0.2, 0.25) is 0 Å². The lowest BCUT2D eigenvalue weighted by molar-refractivity contribution is 1.27. The number of nitrogens with zero attached hydrogens (tertiary/aromatic N) is 2. The molecule has 0 bridgehead atoms.